The number of benzene rings is 1. The fourth-order valence-corrected chi connectivity index (χ4v) is 2.98. The Kier molecular flexibility index (Phi) is 7.53. The summed E-state index contributed by atoms with van der Waals surface area (Å²) in [5.74, 6) is 1.53. The van der Waals surface area contributed by atoms with Crippen molar-refractivity contribution in [1.82, 2.24) is 4.57 Å². The monoisotopic (exact) mass is 370 g/mol. The van der Waals surface area contributed by atoms with Crippen LogP contribution < -0.4 is 20.3 Å². The average molecular weight is 370 g/mol. The van der Waals surface area contributed by atoms with Gasteiger partial charge in [0.1, 0.15) is 0 Å². The van der Waals surface area contributed by atoms with Gasteiger partial charge >= 0.3 is 0 Å². The third kappa shape index (κ3) is 4.54. The number of allylic oxidation sites excluding steroid dienone is 2. The minimum atomic E-state index is -0.166. The number of nitrogens with one attached hydrogen (secondary N) is 1. The highest BCUT2D eigenvalue weighted by Crippen LogP contribution is 2.35. The predicted molar refractivity (Wildman–Crippen MR) is 113 cm³/mol. The molecular formula is C22H30N2O3. The van der Waals surface area contributed by atoms with E-state index in [0.717, 1.165) is 41.6 Å². The summed E-state index contributed by atoms with van der Waals surface area (Å²) in [5, 5.41) is 4.14. The number of hydrogen-bond donors (Lipinski definition) is 1. The van der Waals surface area contributed by atoms with Crippen LogP contribution in [0.1, 0.15) is 40.0 Å². The number of unbranched alkanes of at least 4 members (excludes halogenated alkanes) is 1. The molecule has 0 bridgehead atoms. The lowest BCUT2D eigenvalue weighted by molar-refractivity contribution is 0.349. The molecule has 0 amide bonds. The van der Waals surface area contributed by atoms with E-state index in [4.69, 9.17) is 9.47 Å². The predicted octanol–water partition coefficient (Wildman–Crippen LogP) is 5.10. The molecule has 1 aromatic carbocycles. The Hall–Kier alpha value is -2.69. The van der Waals surface area contributed by atoms with Gasteiger partial charge in [0.05, 0.1) is 18.4 Å². The molecule has 0 radical (unpaired) electrons. The number of hydrogen-bond acceptors (Lipinski definition) is 4. The van der Waals surface area contributed by atoms with E-state index in [1.54, 1.807) is 10.6 Å². The van der Waals surface area contributed by atoms with Crippen LogP contribution in [-0.4, -0.2) is 18.2 Å². The van der Waals surface area contributed by atoms with Crippen LogP contribution in [0.2, 0.25) is 0 Å². The van der Waals surface area contributed by atoms with Crippen molar-refractivity contribution in [2.24, 2.45) is 0 Å². The number of methoxy groups -OCH3 is 1. The zero-order valence-corrected chi connectivity index (χ0v) is 16.8. The molecule has 0 saturated heterocycles. The molecule has 0 unspecified atom stereocenters. The Bertz CT molecular complexity index is 881. The van der Waals surface area contributed by atoms with Gasteiger partial charge in [-0.25, -0.2) is 0 Å². The molecule has 0 atom stereocenters. The maximum Gasteiger partial charge on any atom is 0.297 e. The van der Waals surface area contributed by atoms with E-state index in [-0.39, 0.29) is 11.3 Å². The van der Waals surface area contributed by atoms with E-state index in [1.165, 1.54) is 7.11 Å². The number of ether oxygens (including phenoxy) is 2. The van der Waals surface area contributed by atoms with Crippen molar-refractivity contribution in [3.8, 4) is 11.5 Å². The third-order valence-electron chi connectivity index (χ3n) is 4.47. The Morgan fingerprint density at radius 3 is 2.67 bits per heavy atom. The zero-order chi connectivity index (χ0) is 19.8. The summed E-state index contributed by atoms with van der Waals surface area (Å²) in [5.41, 5.74) is 1.61. The van der Waals surface area contributed by atoms with Crippen LogP contribution in [0.25, 0.3) is 10.9 Å². The molecular weight excluding hydrogens is 340 g/mol. The fraction of sp³-hybridized carbons (Fsp3) is 0.409. The summed E-state index contributed by atoms with van der Waals surface area (Å²) in [6, 6.07) is 5.95. The largest absolute Gasteiger partial charge is 0.488 e. The number of anilines is 1. The summed E-state index contributed by atoms with van der Waals surface area (Å²) >= 11 is 0. The van der Waals surface area contributed by atoms with Crippen molar-refractivity contribution in [3.63, 3.8) is 0 Å². The van der Waals surface area contributed by atoms with Crippen molar-refractivity contribution >= 4 is 16.6 Å². The quantitative estimate of drug-likeness (QED) is 0.467. The van der Waals surface area contributed by atoms with Gasteiger partial charge < -0.3 is 19.4 Å². The molecule has 5 heteroatoms. The highest BCUT2D eigenvalue weighted by atomic mass is 16.5. The number of nitrogens with zero attached hydrogens (tertiary/aromatic N) is 1. The molecule has 0 saturated carbocycles. The smallest absolute Gasteiger partial charge is 0.297 e. The maximum absolute atomic E-state index is 13.1. The number of fused-ring (bicyclic) bond motifs is 1. The van der Waals surface area contributed by atoms with Crippen molar-refractivity contribution in [1.29, 1.82) is 0 Å². The van der Waals surface area contributed by atoms with E-state index in [0.29, 0.717) is 18.8 Å². The number of rotatable bonds is 10. The first-order valence-corrected chi connectivity index (χ1v) is 9.53. The van der Waals surface area contributed by atoms with Crippen LogP contribution in [-0.2, 0) is 6.54 Å². The summed E-state index contributed by atoms with van der Waals surface area (Å²) in [7, 11) is 1.51. The Balaban J connectivity index is 2.75. The van der Waals surface area contributed by atoms with Crippen molar-refractivity contribution in [2.75, 3.05) is 19.0 Å². The second kappa shape index (κ2) is 9.86. The number of aryl methyl sites for hydroxylation is 1. The van der Waals surface area contributed by atoms with Crippen molar-refractivity contribution in [3.05, 3.63) is 53.0 Å². The lowest BCUT2D eigenvalue weighted by Gasteiger charge is -2.19. The lowest BCUT2D eigenvalue weighted by Crippen LogP contribution is -2.23. The number of pyridine rings is 1. The van der Waals surface area contributed by atoms with Gasteiger partial charge in [-0.2, -0.15) is 0 Å². The fourth-order valence-electron chi connectivity index (χ4n) is 2.98. The van der Waals surface area contributed by atoms with Crippen LogP contribution in [0.15, 0.2) is 47.5 Å². The van der Waals surface area contributed by atoms with Gasteiger partial charge in [-0.05, 0) is 37.6 Å². The normalized spacial score (nSPS) is 11.5. The van der Waals surface area contributed by atoms with Gasteiger partial charge in [0.25, 0.3) is 5.56 Å². The summed E-state index contributed by atoms with van der Waals surface area (Å²) in [6.07, 6.45) is 6.36. The Morgan fingerprint density at radius 2 is 2.07 bits per heavy atom. The average Bonchev–Trinajstić information content (AvgIpc) is 2.69. The minimum absolute atomic E-state index is 0.166. The van der Waals surface area contributed by atoms with E-state index >= 15 is 0 Å². The molecule has 5 nitrogen and oxygen atoms in total. The molecule has 146 valence electrons. The highest BCUT2D eigenvalue weighted by Gasteiger charge is 2.20. The molecule has 2 aromatic rings. The standard InChI is InChI=1S/C22H30N2O3/c1-6-10-14-24-19-15-16(23-13-7-2)11-12-18(19)20(21(26-5)22(24)25)27-17(8-3)9-4/h7-8,11-12,15,23H,2,6,9-10,13-14H2,1,3-5H3. The van der Waals surface area contributed by atoms with Crippen LogP contribution in [0.4, 0.5) is 5.69 Å². The molecule has 1 heterocycles. The van der Waals surface area contributed by atoms with Crippen LogP contribution in [0.3, 0.4) is 0 Å². The molecule has 1 aromatic heterocycles. The summed E-state index contributed by atoms with van der Waals surface area (Å²) in [6.45, 7) is 11.1. The van der Waals surface area contributed by atoms with Gasteiger partial charge in [-0.1, -0.05) is 26.3 Å². The van der Waals surface area contributed by atoms with Gasteiger partial charge in [0, 0.05) is 30.6 Å². The van der Waals surface area contributed by atoms with Crippen LogP contribution in [0, 0.1) is 0 Å². The molecule has 0 fully saturated rings. The summed E-state index contributed by atoms with van der Waals surface area (Å²) in [4.78, 5) is 13.1. The zero-order valence-electron chi connectivity index (χ0n) is 16.8. The van der Waals surface area contributed by atoms with Gasteiger partial charge in [0.2, 0.25) is 5.75 Å². The van der Waals surface area contributed by atoms with E-state index in [2.05, 4.69) is 18.8 Å². The lowest BCUT2D eigenvalue weighted by atomic mass is 10.1. The minimum Gasteiger partial charge on any atom is -0.488 e. The first-order chi connectivity index (χ1) is 13.1. The topological polar surface area (TPSA) is 52.5 Å². The van der Waals surface area contributed by atoms with Crippen molar-refractivity contribution < 1.29 is 9.47 Å². The van der Waals surface area contributed by atoms with Gasteiger partial charge in [-0.3, -0.25) is 4.79 Å². The van der Waals surface area contributed by atoms with Crippen LogP contribution >= 0.6 is 0 Å². The second-order valence-corrected chi connectivity index (χ2v) is 6.28. The SMILES string of the molecule is C=CCNc1ccc2c(OC(=CC)CC)c(OC)c(=O)n(CCCC)c2c1. The van der Waals surface area contributed by atoms with Gasteiger partial charge in [-0.15, -0.1) is 6.58 Å². The molecule has 0 spiro atoms. The molecule has 0 aliphatic rings. The first-order valence-electron chi connectivity index (χ1n) is 9.53. The van der Waals surface area contributed by atoms with Gasteiger partial charge in [0.15, 0.2) is 5.75 Å². The van der Waals surface area contributed by atoms with E-state index < -0.39 is 0 Å². The first kappa shape index (κ1) is 20.6. The number of aromatic nitrogens is 1. The third-order valence-corrected chi connectivity index (χ3v) is 4.47. The highest BCUT2D eigenvalue weighted by molar-refractivity contribution is 5.90. The summed E-state index contributed by atoms with van der Waals surface area (Å²) < 4.78 is 13.4. The second-order valence-electron chi connectivity index (χ2n) is 6.28. The van der Waals surface area contributed by atoms with Crippen molar-refractivity contribution in [2.45, 2.75) is 46.6 Å². The Morgan fingerprint density at radius 1 is 1.30 bits per heavy atom. The van der Waals surface area contributed by atoms with E-state index in [9.17, 15) is 4.79 Å². The molecule has 0 aliphatic carbocycles. The van der Waals surface area contributed by atoms with Crippen LogP contribution in [0.5, 0.6) is 11.5 Å². The Labute approximate surface area is 161 Å². The molecule has 2 rings (SSSR count). The molecule has 27 heavy (non-hydrogen) atoms. The van der Waals surface area contributed by atoms with E-state index in [1.807, 2.05) is 38.1 Å². The maximum atomic E-state index is 13.1. The molecule has 1 N–H and O–H groups in total. The molecule has 0 aliphatic heterocycles.